The Hall–Kier alpha value is -1.85. The molecule has 16 heavy (non-hydrogen) atoms. The van der Waals surface area contributed by atoms with E-state index in [-0.39, 0.29) is 5.56 Å². The number of hydrogen-bond donors (Lipinski definition) is 2. The predicted octanol–water partition coefficient (Wildman–Crippen LogP) is 0.459. The van der Waals surface area contributed by atoms with E-state index in [9.17, 15) is 9.59 Å². The molecule has 6 nitrogen and oxygen atoms in total. The Balaban J connectivity index is 2.60. The molecular weight excluding hydrogens is 208 g/mol. The molecule has 2 N–H and O–H groups in total. The van der Waals surface area contributed by atoms with Crippen molar-refractivity contribution < 1.29 is 0 Å². The molecule has 0 saturated heterocycles. The summed E-state index contributed by atoms with van der Waals surface area (Å²) in [5, 5.41) is 0. The van der Waals surface area contributed by atoms with Crippen molar-refractivity contribution in [2.45, 2.75) is 26.8 Å². The van der Waals surface area contributed by atoms with Gasteiger partial charge in [-0.25, -0.2) is 9.78 Å². The molecule has 2 heterocycles. The molecule has 6 heteroatoms. The normalized spacial score (nSPS) is 13.1. The van der Waals surface area contributed by atoms with E-state index >= 15 is 0 Å². The van der Waals surface area contributed by atoms with Gasteiger partial charge in [0.05, 0.1) is 6.33 Å². The van der Waals surface area contributed by atoms with Gasteiger partial charge in [0, 0.05) is 6.54 Å². The number of nitrogens with one attached hydrogen (secondary N) is 2. The molecule has 1 unspecified atom stereocenters. The van der Waals surface area contributed by atoms with Crippen LogP contribution in [0.3, 0.4) is 0 Å². The highest BCUT2D eigenvalue weighted by molar-refractivity contribution is 5.67. The number of nitrogens with zero attached hydrogens (tertiary/aromatic N) is 2. The van der Waals surface area contributed by atoms with E-state index in [0.717, 1.165) is 6.42 Å². The second-order valence-corrected chi connectivity index (χ2v) is 3.99. The van der Waals surface area contributed by atoms with Crippen LogP contribution >= 0.6 is 0 Å². The van der Waals surface area contributed by atoms with Gasteiger partial charge in [-0.3, -0.25) is 14.3 Å². The topological polar surface area (TPSA) is 83.5 Å². The number of imidazole rings is 1. The maximum absolute atomic E-state index is 11.9. The molecule has 0 aliphatic heterocycles. The summed E-state index contributed by atoms with van der Waals surface area (Å²) in [5.74, 6) is 0.291. The lowest BCUT2D eigenvalue weighted by Crippen LogP contribution is -2.36. The van der Waals surface area contributed by atoms with Crippen LogP contribution in [0.5, 0.6) is 0 Å². The zero-order valence-electron chi connectivity index (χ0n) is 9.28. The van der Waals surface area contributed by atoms with Crippen LogP contribution in [0.4, 0.5) is 0 Å². The highest BCUT2D eigenvalue weighted by atomic mass is 16.2. The molecule has 2 aromatic heterocycles. The second-order valence-electron chi connectivity index (χ2n) is 3.99. The molecule has 0 aliphatic carbocycles. The zero-order valence-corrected chi connectivity index (χ0v) is 9.28. The quantitative estimate of drug-likeness (QED) is 0.791. The summed E-state index contributed by atoms with van der Waals surface area (Å²) >= 11 is 0. The van der Waals surface area contributed by atoms with Crippen LogP contribution < -0.4 is 11.2 Å². The van der Waals surface area contributed by atoms with Crippen molar-refractivity contribution in [3.63, 3.8) is 0 Å². The third-order valence-corrected chi connectivity index (χ3v) is 2.76. The molecule has 0 fully saturated rings. The highest BCUT2D eigenvalue weighted by Crippen LogP contribution is 2.02. The monoisotopic (exact) mass is 222 g/mol. The molecular formula is C10H14N4O2. The minimum Gasteiger partial charge on any atom is -0.339 e. The third kappa shape index (κ3) is 1.66. The van der Waals surface area contributed by atoms with Crippen LogP contribution in [-0.2, 0) is 6.54 Å². The van der Waals surface area contributed by atoms with Crippen LogP contribution in [0.15, 0.2) is 15.9 Å². The lowest BCUT2D eigenvalue weighted by atomic mass is 10.1. The molecule has 2 aromatic rings. The molecule has 2 rings (SSSR count). The standard InChI is InChI=1S/C10H14N4O2/c1-3-6(2)4-14-9(15)7-8(12-5-11-7)13-10(14)16/h5-6H,3-4H2,1-2H3,(H,11,12)(H,13,16). The number of rotatable bonds is 3. The van der Waals surface area contributed by atoms with E-state index in [1.165, 1.54) is 10.9 Å². The van der Waals surface area contributed by atoms with Crippen molar-refractivity contribution >= 4 is 11.2 Å². The fourth-order valence-electron chi connectivity index (χ4n) is 1.55. The summed E-state index contributed by atoms with van der Waals surface area (Å²) in [6, 6.07) is 0. The van der Waals surface area contributed by atoms with Gasteiger partial charge in [0.25, 0.3) is 5.56 Å². The summed E-state index contributed by atoms with van der Waals surface area (Å²) in [4.78, 5) is 32.8. The molecule has 0 aromatic carbocycles. The number of H-pyrrole nitrogens is 2. The van der Waals surface area contributed by atoms with Crippen LogP contribution in [-0.4, -0.2) is 19.5 Å². The summed E-state index contributed by atoms with van der Waals surface area (Å²) in [6.07, 6.45) is 2.32. The van der Waals surface area contributed by atoms with Gasteiger partial charge < -0.3 is 4.98 Å². The summed E-state index contributed by atoms with van der Waals surface area (Å²) in [6.45, 7) is 4.46. The van der Waals surface area contributed by atoms with Gasteiger partial charge in [0.1, 0.15) is 5.52 Å². The van der Waals surface area contributed by atoms with Gasteiger partial charge >= 0.3 is 5.69 Å². The predicted molar refractivity (Wildman–Crippen MR) is 60.4 cm³/mol. The maximum Gasteiger partial charge on any atom is 0.330 e. The van der Waals surface area contributed by atoms with E-state index in [1.54, 1.807) is 0 Å². The van der Waals surface area contributed by atoms with E-state index in [4.69, 9.17) is 0 Å². The van der Waals surface area contributed by atoms with Crippen molar-refractivity contribution in [2.24, 2.45) is 5.92 Å². The molecule has 0 saturated carbocycles. The lowest BCUT2D eigenvalue weighted by Gasteiger charge is -2.09. The first-order valence-electron chi connectivity index (χ1n) is 5.29. The smallest absolute Gasteiger partial charge is 0.330 e. The Morgan fingerprint density at radius 1 is 1.50 bits per heavy atom. The Labute approximate surface area is 91.3 Å². The van der Waals surface area contributed by atoms with E-state index in [0.29, 0.717) is 23.6 Å². The number of fused-ring (bicyclic) bond motifs is 1. The van der Waals surface area contributed by atoms with Crippen molar-refractivity contribution in [3.8, 4) is 0 Å². The molecule has 86 valence electrons. The van der Waals surface area contributed by atoms with Crippen molar-refractivity contribution in [3.05, 3.63) is 27.2 Å². The Bertz CT molecular complexity index is 607. The van der Waals surface area contributed by atoms with Gasteiger partial charge in [0.2, 0.25) is 0 Å². The molecule has 0 bridgehead atoms. The first-order chi connectivity index (χ1) is 7.63. The first-order valence-corrected chi connectivity index (χ1v) is 5.29. The van der Waals surface area contributed by atoms with E-state index < -0.39 is 5.69 Å². The number of hydrogen-bond acceptors (Lipinski definition) is 3. The fraction of sp³-hybridized carbons (Fsp3) is 0.500. The van der Waals surface area contributed by atoms with Gasteiger partial charge in [-0.15, -0.1) is 0 Å². The average Bonchev–Trinajstić information content (AvgIpc) is 2.71. The molecule has 0 spiro atoms. The SMILES string of the molecule is CCC(C)Cn1c(=O)[nH]c2nc[nH]c2c1=O. The van der Waals surface area contributed by atoms with Gasteiger partial charge in [0.15, 0.2) is 5.65 Å². The minimum atomic E-state index is -0.398. The van der Waals surface area contributed by atoms with E-state index in [2.05, 4.69) is 15.0 Å². The summed E-state index contributed by atoms with van der Waals surface area (Å²) in [7, 11) is 0. The fourth-order valence-corrected chi connectivity index (χ4v) is 1.55. The highest BCUT2D eigenvalue weighted by Gasteiger charge is 2.10. The first kappa shape index (κ1) is 10.7. The van der Waals surface area contributed by atoms with Gasteiger partial charge in [-0.05, 0) is 5.92 Å². The Morgan fingerprint density at radius 2 is 2.25 bits per heavy atom. The van der Waals surface area contributed by atoms with Crippen LogP contribution in [0.25, 0.3) is 11.2 Å². The molecule has 0 radical (unpaired) electrons. The zero-order chi connectivity index (χ0) is 11.7. The van der Waals surface area contributed by atoms with Gasteiger partial charge in [-0.2, -0.15) is 0 Å². The largest absolute Gasteiger partial charge is 0.339 e. The van der Waals surface area contributed by atoms with Crippen LogP contribution in [0.1, 0.15) is 20.3 Å². The second kappa shape index (κ2) is 3.96. The maximum atomic E-state index is 11.9. The van der Waals surface area contributed by atoms with Crippen molar-refractivity contribution in [1.29, 1.82) is 0 Å². The average molecular weight is 222 g/mol. The van der Waals surface area contributed by atoms with Crippen LogP contribution in [0.2, 0.25) is 0 Å². The number of aromatic amines is 2. The third-order valence-electron chi connectivity index (χ3n) is 2.76. The lowest BCUT2D eigenvalue weighted by molar-refractivity contribution is 0.449. The Morgan fingerprint density at radius 3 is 2.94 bits per heavy atom. The van der Waals surface area contributed by atoms with Crippen molar-refractivity contribution in [2.75, 3.05) is 0 Å². The van der Waals surface area contributed by atoms with Crippen molar-refractivity contribution in [1.82, 2.24) is 19.5 Å². The van der Waals surface area contributed by atoms with E-state index in [1.807, 2.05) is 13.8 Å². The minimum absolute atomic E-state index is 0.291. The Kier molecular flexibility index (Phi) is 2.64. The number of aromatic nitrogens is 4. The molecule has 0 amide bonds. The molecule has 1 atom stereocenters. The van der Waals surface area contributed by atoms with Crippen LogP contribution in [0, 0.1) is 5.92 Å². The van der Waals surface area contributed by atoms with Gasteiger partial charge in [-0.1, -0.05) is 20.3 Å². The summed E-state index contributed by atoms with van der Waals surface area (Å²) < 4.78 is 1.22. The summed E-state index contributed by atoms with van der Waals surface area (Å²) in [5.41, 5.74) is -0.0419. The molecule has 0 aliphatic rings.